The number of benzene rings is 1. The fourth-order valence-corrected chi connectivity index (χ4v) is 3.04. The maximum atomic E-state index is 12.4. The summed E-state index contributed by atoms with van der Waals surface area (Å²) in [5.41, 5.74) is 0.844. The van der Waals surface area contributed by atoms with E-state index in [9.17, 15) is 9.59 Å². The van der Waals surface area contributed by atoms with Crippen molar-refractivity contribution in [2.75, 3.05) is 26.3 Å². The molecule has 2 heterocycles. The molecular formula is C17H19NO5S. The van der Waals surface area contributed by atoms with Crippen LogP contribution in [0.15, 0.2) is 30.3 Å². The van der Waals surface area contributed by atoms with Crippen LogP contribution in [0.5, 0.6) is 0 Å². The molecule has 6 nitrogen and oxygen atoms in total. The molecule has 2 saturated heterocycles. The highest BCUT2D eigenvalue weighted by Crippen LogP contribution is 2.31. The van der Waals surface area contributed by atoms with Crippen molar-refractivity contribution in [1.29, 1.82) is 0 Å². The van der Waals surface area contributed by atoms with Crippen LogP contribution >= 0.6 is 12.2 Å². The quantitative estimate of drug-likeness (QED) is 0.466. The lowest BCUT2D eigenvalue weighted by Crippen LogP contribution is -2.50. The number of amides is 1. The second-order valence-electron chi connectivity index (χ2n) is 5.79. The van der Waals surface area contributed by atoms with Gasteiger partial charge < -0.3 is 19.1 Å². The van der Waals surface area contributed by atoms with Crippen molar-refractivity contribution in [3.8, 4) is 0 Å². The number of nitrogens with zero attached hydrogens (tertiary/aromatic N) is 1. The lowest BCUT2D eigenvalue weighted by molar-refractivity contribution is -0.186. The molecule has 24 heavy (non-hydrogen) atoms. The minimum absolute atomic E-state index is 0.0951. The number of likely N-dealkylation sites (tertiary alicyclic amines) is 1. The molecule has 2 aliphatic rings. The van der Waals surface area contributed by atoms with E-state index < -0.39 is 17.7 Å². The van der Waals surface area contributed by atoms with Crippen molar-refractivity contribution >= 4 is 29.0 Å². The Labute approximate surface area is 145 Å². The number of rotatable bonds is 4. The van der Waals surface area contributed by atoms with E-state index in [-0.39, 0.29) is 11.5 Å². The smallest absolute Gasteiger partial charge is 0.355 e. The van der Waals surface area contributed by atoms with E-state index in [0.717, 1.165) is 5.56 Å². The maximum absolute atomic E-state index is 12.4. The van der Waals surface area contributed by atoms with Gasteiger partial charge in [-0.2, -0.15) is 0 Å². The average Bonchev–Trinajstić information content (AvgIpc) is 3.08. The van der Waals surface area contributed by atoms with Gasteiger partial charge in [-0.25, -0.2) is 4.79 Å². The van der Waals surface area contributed by atoms with Gasteiger partial charge in [0.1, 0.15) is 6.61 Å². The van der Waals surface area contributed by atoms with E-state index in [0.29, 0.717) is 39.1 Å². The molecule has 3 rings (SSSR count). The molecule has 0 atom stereocenters. The van der Waals surface area contributed by atoms with Crippen LogP contribution in [0, 0.1) is 0 Å². The second kappa shape index (κ2) is 7.38. The predicted octanol–water partition coefficient (Wildman–Crippen LogP) is 1.47. The van der Waals surface area contributed by atoms with Crippen molar-refractivity contribution in [1.82, 2.24) is 4.90 Å². The van der Waals surface area contributed by atoms with Crippen molar-refractivity contribution in [3.63, 3.8) is 0 Å². The molecule has 128 valence electrons. The van der Waals surface area contributed by atoms with Crippen LogP contribution in [0.3, 0.4) is 0 Å². The van der Waals surface area contributed by atoms with Gasteiger partial charge in [-0.05, 0) is 5.56 Å². The minimum Gasteiger partial charge on any atom is -0.456 e. The van der Waals surface area contributed by atoms with Crippen molar-refractivity contribution in [2.45, 2.75) is 25.2 Å². The van der Waals surface area contributed by atoms with Gasteiger partial charge >= 0.3 is 5.97 Å². The lowest BCUT2D eigenvalue weighted by atomic mass is 10.0. The number of piperidine rings is 1. The summed E-state index contributed by atoms with van der Waals surface area (Å²) in [6.07, 6.45) is 1.17. The van der Waals surface area contributed by atoms with Crippen LogP contribution in [-0.4, -0.2) is 53.7 Å². The third-order valence-corrected chi connectivity index (χ3v) is 4.56. The largest absolute Gasteiger partial charge is 0.456 e. The number of carbonyl (C=O) groups excluding carboxylic acids is 2. The van der Waals surface area contributed by atoms with E-state index in [1.165, 1.54) is 0 Å². The van der Waals surface area contributed by atoms with Gasteiger partial charge in [0.15, 0.2) is 10.7 Å². The van der Waals surface area contributed by atoms with Crippen LogP contribution in [0.25, 0.3) is 0 Å². The number of hydrogen-bond donors (Lipinski definition) is 0. The maximum Gasteiger partial charge on any atom is 0.355 e. The van der Waals surface area contributed by atoms with Gasteiger partial charge in [-0.15, -0.1) is 0 Å². The third-order valence-electron chi connectivity index (χ3n) is 4.22. The molecule has 0 radical (unpaired) electrons. The summed E-state index contributed by atoms with van der Waals surface area (Å²) in [5.74, 6) is -1.78. The minimum atomic E-state index is -0.757. The van der Waals surface area contributed by atoms with E-state index in [1.54, 1.807) is 4.90 Å². The van der Waals surface area contributed by atoms with E-state index in [2.05, 4.69) is 0 Å². The topological polar surface area (TPSA) is 65.1 Å². The summed E-state index contributed by atoms with van der Waals surface area (Å²) in [5, 5.41) is 0. The third kappa shape index (κ3) is 3.80. The molecule has 1 aromatic rings. The van der Waals surface area contributed by atoms with Crippen molar-refractivity contribution in [3.05, 3.63) is 35.9 Å². The van der Waals surface area contributed by atoms with E-state index in [1.807, 2.05) is 30.3 Å². The summed E-state index contributed by atoms with van der Waals surface area (Å²) in [4.78, 5) is 25.6. The Morgan fingerprint density at radius 3 is 2.38 bits per heavy atom. The lowest BCUT2D eigenvalue weighted by Gasteiger charge is -2.37. The zero-order valence-electron chi connectivity index (χ0n) is 13.2. The second-order valence-corrected chi connectivity index (χ2v) is 6.20. The van der Waals surface area contributed by atoms with Crippen LogP contribution in [0.1, 0.15) is 18.4 Å². The Balaban J connectivity index is 1.49. The molecule has 1 aromatic carbocycles. The van der Waals surface area contributed by atoms with Gasteiger partial charge in [-0.1, -0.05) is 42.5 Å². The summed E-state index contributed by atoms with van der Waals surface area (Å²) in [6, 6.07) is 9.25. The van der Waals surface area contributed by atoms with Gasteiger partial charge in [0.05, 0.1) is 13.2 Å². The Morgan fingerprint density at radius 2 is 1.75 bits per heavy atom. The zero-order chi connectivity index (χ0) is 17.0. The normalized spacial score (nSPS) is 19.2. The first kappa shape index (κ1) is 17.0. The summed E-state index contributed by atoms with van der Waals surface area (Å²) >= 11 is 4.99. The van der Waals surface area contributed by atoms with Gasteiger partial charge in [0.25, 0.3) is 5.91 Å². The highest BCUT2D eigenvalue weighted by Gasteiger charge is 2.41. The van der Waals surface area contributed by atoms with E-state index in [4.69, 9.17) is 26.4 Å². The van der Waals surface area contributed by atoms with Crippen LogP contribution in [0.2, 0.25) is 0 Å². The standard InChI is InChI=1S/C17H19NO5S/c19-15(18-8-6-17(7-9-18)22-10-11-23-17)14(24)16(20)21-12-13-4-2-1-3-5-13/h1-5H,6-12H2. The Morgan fingerprint density at radius 1 is 1.12 bits per heavy atom. The molecule has 1 spiro atoms. The Bertz CT molecular complexity index is 617. The SMILES string of the molecule is O=C(OCc1ccccc1)C(=S)C(=O)N1CCC2(CC1)OCCO2. The number of ether oxygens (including phenoxy) is 3. The molecule has 7 heteroatoms. The van der Waals surface area contributed by atoms with Gasteiger partial charge in [-0.3, -0.25) is 4.79 Å². The summed E-state index contributed by atoms with van der Waals surface area (Å²) < 4.78 is 16.4. The first-order valence-electron chi connectivity index (χ1n) is 7.92. The first-order valence-corrected chi connectivity index (χ1v) is 8.33. The van der Waals surface area contributed by atoms with Crippen LogP contribution in [0.4, 0.5) is 0 Å². The highest BCUT2D eigenvalue weighted by molar-refractivity contribution is 7.83. The average molecular weight is 349 g/mol. The molecular weight excluding hydrogens is 330 g/mol. The van der Waals surface area contributed by atoms with Gasteiger partial charge in [0.2, 0.25) is 0 Å². The van der Waals surface area contributed by atoms with Crippen molar-refractivity contribution in [2.24, 2.45) is 0 Å². The molecule has 2 aliphatic heterocycles. The van der Waals surface area contributed by atoms with Crippen LogP contribution < -0.4 is 0 Å². The number of hydrogen-bond acceptors (Lipinski definition) is 6. The molecule has 0 bridgehead atoms. The summed E-state index contributed by atoms with van der Waals surface area (Å²) in [6.45, 7) is 2.16. The highest BCUT2D eigenvalue weighted by atomic mass is 32.1. The number of esters is 1. The molecule has 0 N–H and O–H groups in total. The Hall–Kier alpha value is -1.83. The fourth-order valence-electron chi connectivity index (χ4n) is 2.86. The van der Waals surface area contributed by atoms with Gasteiger partial charge in [0, 0.05) is 25.9 Å². The molecule has 0 aliphatic carbocycles. The van der Waals surface area contributed by atoms with E-state index >= 15 is 0 Å². The van der Waals surface area contributed by atoms with Crippen molar-refractivity contribution < 1.29 is 23.8 Å². The number of carbonyl (C=O) groups is 2. The first-order chi connectivity index (χ1) is 11.6. The fraction of sp³-hybridized carbons (Fsp3) is 0.471. The molecule has 2 fully saturated rings. The Kier molecular flexibility index (Phi) is 5.23. The van der Waals surface area contributed by atoms with Crippen LogP contribution in [-0.2, 0) is 30.4 Å². The molecule has 0 aromatic heterocycles. The summed E-state index contributed by atoms with van der Waals surface area (Å²) in [7, 11) is 0. The monoisotopic (exact) mass is 349 g/mol. The number of thiocarbonyl (C=S) groups is 1. The molecule has 0 saturated carbocycles. The molecule has 1 amide bonds. The molecule has 0 unspecified atom stereocenters. The predicted molar refractivity (Wildman–Crippen MR) is 89.3 cm³/mol. The zero-order valence-corrected chi connectivity index (χ0v) is 14.0.